The van der Waals surface area contributed by atoms with Crippen LogP contribution in [-0.2, 0) is 6.54 Å². The Morgan fingerprint density at radius 2 is 2.28 bits per heavy atom. The molecule has 2 unspecified atom stereocenters. The monoisotopic (exact) mass is 269 g/mol. The summed E-state index contributed by atoms with van der Waals surface area (Å²) in [5.41, 5.74) is 1.26. The Labute approximate surface area is 115 Å². The van der Waals surface area contributed by atoms with E-state index in [-0.39, 0.29) is 0 Å². The molecule has 1 fully saturated rings. The fourth-order valence-electron chi connectivity index (χ4n) is 3.10. The number of hydrogen-bond acceptors (Lipinski definition) is 2. The van der Waals surface area contributed by atoms with Crippen molar-refractivity contribution in [2.45, 2.75) is 52.0 Å². The third kappa shape index (κ3) is 2.89. The smallest absolute Gasteiger partial charge is 0.0820 e. The van der Waals surface area contributed by atoms with Crippen molar-refractivity contribution in [2.75, 3.05) is 13.1 Å². The van der Waals surface area contributed by atoms with Crippen molar-refractivity contribution in [1.29, 1.82) is 0 Å². The Balaban J connectivity index is 2.08. The predicted molar refractivity (Wildman–Crippen MR) is 76.2 cm³/mol. The van der Waals surface area contributed by atoms with Gasteiger partial charge in [0.15, 0.2) is 0 Å². The van der Waals surface area contributed by atoms with Crippen molar-refractivity contribution in [3.05, 3.63) is 16.9 Å². The van der Waals surface area contributed by atoms with Crippen LogP contribution in [0.25, 0.3) is 0 Å². The van der Waals surface area contributed by atoms with E-state index in [0.29, 0.717) is 5.92 Å². The zero-order valence-corrected chi connectivity index (χ0v) is 12.2. The fraction of sp³-hybridized carbons (Fsp3) is 0.786. The number of aryl methyl sites for hydroxylation is 1. The maximum atomic E-state index is 6.33. The third-order valence-electron chi connectivity index (χ3n) is 3.98. The molecule has 2 rings (SSSR count). The largest absolute Gasteiger partial charge is 0.316 e. The molecule has 0 spiro atoms. The third-order valence-corrected chi connectivity index (χ3v) is 4.27. The first kappa shape index (κ1) is 13.9. The molecule has 102 valence electrons. The minimum atomic E-state index is 0.587. The van der Waals surface area contributed by atoms with Gasteiger partial charge in [-0.2, -0.15) is 5.10 Å². The SMILES string of the molecule is CCCNCC1CCCC1c1c(Cl)cnn1CC. The molecule has 0 saturated heterocycles. The van der Waals surface area contributed by atoms with Crippen molar-refractivity contribution in [3.8, 4) is 0 Å². The predicted octanol–water partition coefficient (Wildman–Crippen LogP) is 3.44. The molecule has 4 heteroatoms. The molecule has 1 saturated carbocycles. The van der Waals surface area contributed by atoms with Crippen LogP contribution < -0.4 is 5.32 Å². The van der Waals surface area contributed by atoms with Gasteiger partial charge in [0, 0.05) is 12.5 Å². The van der Waals surface area contributed by atoms with Gasteiger partial charge in [0.05, 0.1) is 16.9 Å². The lowest BCUT2D eigenvalue weighted by atomic mass is 9.92. The molecule has 1 aliphatic carbocycles. The van der Waals surface area contributed by atoms with E-state index in [1.165, 1.54) is 31.4 Å². The molecule has 1 aromatic rings. The van der Waals surface area contributed by atoms with Gasteiger partial charge in [-0.15, -0.1) is 0 Å². The number of nitrogens with zero attached hydrogens (tertiary/aromatic N) is 2. The summed E-state index contributed by atoms with van der Waals surface area (Å²) in [5.74, 6) is 1.31. The number of aromatic nitrogens is 2. The molecule has 0 radical (unpaired) electrons. The highest BCUT2D eigenvalue weighted by Gasteiger charge is 2.32. The van der Waals surface area contributed by atoms with Gasteiger partial charge < -0.3 is 5.32 Å². The second-order valence-corrected chi connectivity index (χ2v) is 5.60. The molecule has 1 aromatic heterocycles. The van der Waals surface area contributed by atoms with Gasteiger partial charge in [-0.25, -0.2) is 0 Å². The van der Waals surface area contributed by atoms with Crippen molar-refractivity contribution in [2.24, 2.45) is 5.92 Å². The molecule has 18 heavy (non-hydrogen) atoms. The maximum absolute atomic E-state index is 6.33. The average Bonchev–Trinajstić information content (AvgIpc) is 2.95. The van der Waals surface area contributed by atoms with Crippen LogP contribution in [0.15, 0.2) is 6.20 Å². The van der Waals surface area contributed by atoms with Gasteiger partial charge in [0.1, 0.15) is 0 Å². The van der Waals surface area contributed by atoms with E-state index >= 15 is 0 Å². The Hall–Kier alpha value is -0.540. The maximum Gasteiger partial charge on any atom is 0.0820 e. The Morgan fingerprint density at radius 1 is 1.44 bits per heavy atom. The first-order chi connectivity index (χ1) is 8.77. The fourth-order valence-corrected chi connectivity index (χ4v) is 3.38. The molecular formula is C14H24ClN3. The van der Waals surface area contributed by atoms with E-state index in [9.17, 15) is 0 Å². The van der Waals surface area contributed by atoms with Gasteiger partial charge in [0.2, 0.25) is 0 Å². The molecule has 2 atom stereocenters. The zero-order chi connectivity index (χ0) is 13.0. The summed E-state index contributed by atoms with van der Waals surface area (Å²) in [5, 5.41) is 8.78. The van der Waals surface area contributed by atoms with E-state index in [0.717, 1.165) is 30.6 Å². The summed E-state index contributed by atoms with van der Waals surface area (Å²) in [4.78, 5) is 0. The molecule has 0 aliphatic heterocycles. The van der Waals surface area contributed by atoms with Crippen LogP contribution in [0.3, 0.4) is 0 Å². The van der Waals surface area contributed by atoms with E-state index in [4.69, 9.17) is 11.6 Å². The molecule has 0 amide bonds. The minimum Gasteiger partial charge on any atom is -0.316 e. The van der Waals surface area contributed by atoms with Crippen LogP contribution in [0.5, 0.6) is 0 Å². The van der Waals surface area contributed by atoms with E-state index in [2.05, 4.69) is 28.9 Å². The second-order valence-electron chi connectivity index (χ2n) is 5.20. The first-order valence-corrected chi connectivity index (χ1v) is 7.57. The van der Waals surface area contributed by atoms with Crippen LogP contribution in [0.4, 0.5) is 0 Å². The summed E-state index contributed by atoms with van der Waals surface area (Å²) in [6, 6.07) is 0. The number of hydrogen-bond donors (Lipinski definition) is 1. The summed E-state index contributed by atoms with van der Waals surface area (Å²) < 4.78 is 2.07. The van der Waals surface area contributed by atoms with Crippen LogP contribution in [-0.4, -0.2) is 22.9 Å². The highest BCUT2D eigenvalue weighted by molar-refractivity contribution is 6.31. The molecule has 0 bridgehead atoms. The summed E-state index contributed by atoms with van der Waals surface area (Å²) in [6.07, 6.45) is 6.88. The van der Waals surface area contributed by atoms with E-state index in [1.54, 1.807) is 6.20 Å². The summed E-state index contributed by atoms with van der Waals surface area (Å²) in [7, 11) is 0. The standard InChI is InChI=1S/C14H24ClN3/c1-3-8-16-9-11-6-5-7-12(11)14-13(15)10-17-18(14)4-2/h10-12,16H,3-9H2,1-2H3. The first-order valence-electron chi connectivity index (χ1n) is 7.19. The molecule has 0 aromatic carbocycles. The zero-order valence-electron chi connectivity index (χ0n) is 11.5. The van der Waals surface area contributed by atoms with Gasteiger partial charge in [-0.1, -0.05) is 24.9 Å². The lowest BCUT2D eigenvalue weighted by molar-refractivity contribution is 0.422. The topological polar surface area (TPSA) is 29.9 Å². The number of nitrogens with one attached hydrogen (secondary N) is 1. The van der Waals surface area contributed by atoms with Crippen molar-refractivity contribution < 1.29 is 0 Å². The Morgan fingerprint density at radius 3 is 3.00 bits per heavy atom. The number of rotatable bonds is 6. The summed E-state index contributed by atoms with van der Waals surface area (Å²) in [6.45, 7) is 7.48. The van der Waals surface area contributed by atoms with Gasteiger partial charge in [-0.05, 0) is 45.2 Å². The highest BCUT2D eigenvalue weighted by atomic mass is 35.5. The lowest BCUT2D eigenvalue weighted by Crippen LogP contribution is -2.26. The van der Waals surface area contributed by atoms with Crippen molar-refractivity contribution >= 4 is 11.6 Å². The van der Waals surface area contributed by atoms with Crippen LogP contribution in [0.2, 0.25) is 5.02 Å². The van der Waals surface area contributed by atoms with Gasteiger partial charge in [-0.3, -0.25) is 4.68 Å². The Bertz CT molecular complexity index is 375. The quantitative estimate of drug-likeness (QED) is 0.802. The number of halogens is 1. The molecule has 1 aliphatic rings. The van der Waals surface area contributed by atoms with Crippen LogP contribution in [0.1, 0.15) is 51.1 Å². The van der Waals surface area contributed by atoms with Gasteiger partial charge >= 0.3 is 0 Å². The molecule has 1 N–H and O–H groups in total. The van der Waals surface area contributed by atoms with E-state index in [1.807, 2.05) is 0 Å². The van der Waals surface area contributed by atoms with Crippen LogP contribution >= 0.6 is 11.6 Å². The molecule has 1 heterocycles. The van der Waals surface area contributed by atoms with E-state index < -0.39 is 0 Å². The van der Waals surface area contributed by atoms with Gasteiger partial charge in [0.25, 0.3) is 0 Å². The van der Waals surface area contributed by atoms with Crippen LogP contribution in [0, 0.1) is 5.92 Å². The molecular weight excluding hydrogens is 246 g/mol. The normalized spacial score (nSPS) is 23.7. The average molecular weight is 270 g/mol. The lowest BCUT2D eigenvalue weighted by Gasteiger charge is -2.21. The summed E-state index contributed by atoms with van der Waals surface area (Å²) >= 11 is 6.33. The second kappa shape index (κ2) is 6.58. The molecule has 3 nitrogen and oxygen atoms in total. The van der Waals surface area contributed by atoms with Crippen molar-refractivity contribution in [3.63, 3.8) is 0 Å². The minimum absolute atomic E-state index is 0.587. The Kier molecular flexibility index (Phi) is 5.07. The highest BCUT2D eigenvalue weighted by Crippen LogP contribution is 2.41. The van der Waals surface area contributed by atoms with Crippen molar-refractivity contribution in [1.82, 2.24) is 15.1 Å².